The zero-order valence-electron chi connectivity index (χ0n) is 12.7. The summed E-state index contributed by atoms with van der Waals surface area (Å²) in [6, 6.07) is 8.63. The molecule has 1 heterocycles. The number of furan rings is 1. The van der Waals surface area contributed by atoms with Gasteiger partial charge in [-0.2, -0.15) is 0 Å². The van der Waals surface area contributed by atoms with Gasteiger partial charge < -0.3 is 15.1 Å². The lowest BCUT2D eigenvalue weighted by molar-refractivity contribution is 0.501. The number of guanidine groups is 1. The predicted octanol–water partition coefficient (Wildman–Crippen LogP) is 3.25. The van der Waals surface area contributed by atoms with Crippen LogP contribution in [0.5, 0.6) is 0 Å². The third-order valence-electron chi connectivity index (χ3n) is 3.23. The third-order valence-corrected chi connectivity index (χ3v) is 3.23. The molecule has 0 aliphatic heterocycles. The molecule has 0 atom stereocenters. The largest absolute Gasteiger partial charge is 0.467 e. The number of nitrogens with zero attached hydrogens (tertiary/aromatic N) is 1. The summed E-state index contributed by atoms with van der Waals surface area (Å²) in [5, 5.41) is 6.39. The van der Waals surface area contributed by atoms with Crippen LogP contribution in [0.15, 0.2) is 46.0 Å². The fraction of sp³-hybridized carbons (Fsp3) is 0.312. The van der Waals surface area contributed by atoms with E-state index in [0.29, 0.717) is 12.5 Å². The van der Waals surface area contributed by atoms with Crippen molar-refractivity contribution in [3.63, 3.8) is 0 Å². The van der Waals surface area contributed by atoms with Crippen LogP contribution in [0.25, 0.3) is 0 Å². The zero-order valence-corrected chi connectivity index (χ0v) is 15.1. The summed E-state index contributed by atoms with van der Waals surface area (Å²) in [4.78, 5) is 4.15. The minimum atomic E-state index is -0.194. The van der Waals surface area contributed by atoms with Gasteiger partial charge in [-0.05, 0) is 48.7 Å². The summed E-state index contributed by atoms with van der Waals surface area (Å²) in [6.45, 7) is 3.23. The minimum Gasteiger partial charge on any atom is -0.467 e. The van der Waals surface area contributed by atoms with Crippen LogP contribution >= 0.6 is 24.0 Å². The van der Waals surface area contributed by atoms with Crippen molar-refractivity contribution >= 4 is 29.9 Å². The van der Waals surface area contributed by atoms with E-state index in [1.165, 1.54) is 6.07 Å². The molecule has 0 amide bonds. The van der Waals surface area contributed by atoms with Crippen molar-refractivity contribution in [3.05, 3.63) is 59.3 Å². The first-order chi connectivity index (χ1) is 10.2. The highest BCUT2D eigenvalue weighted by Gasteiger charge is 2.02. The summed E-state index contributed by atoms with van der Waals surface area (Å²) in [7, 11) is 1.72. The van der Waals surface area contributed by atoms with E-state index in [4.69, 9.17) is 4.42 Å². The molecule has 1 aromatic heterocycles. The molecule has 2 aromatic rings. The standard InChI is InChI=1S/C16H20FN3O.HI/c1-12-10-14(17)6-5-13(12)7-8-19-16(18-2)20-11-15-4-3-9-21-15;/h3-6,9-10H,7-8,11H2,1-2H3,(H2,18,19,20);1H. The van der Waals surface area contributed by atoms with Gasteiger partial charge in [-0.3, -0.25) is 4.99 Å². The lowest BCUT2D eigenvalue weighted by Gasteiger charge is -2.12. The van der Waals surface area contributed by atoms with E-state index in [9.17, 15) is 4.39 Å². The minimum absolute atomic E-state index is 0. The second kappa shape index (κ2) is 9.45. The Labute approximate surface area is 147 Å². The number of nitrogens with one attached hydrogen (secondary N) is 2. The SMILES string of the molecule is CN=C(NCCc1ccc(F)cc1C)NCc1ccco1.I. The maximum Gasteiger partial charge on any atom is 0.191 e. The van der Waals surface area contributed by atoms with Crippen LogP contribution in [-0.4, -0.2) is 19.6 Å². The van der Waals surface area contributed by atoms with Crippen LogP contribution in [0.4, 0.5) is 4.39 Å². The molecule has 0 saturated heterocycles. The highest BCUT2D eigenvalue weighted by atomic mass is 127. The van der Waals surface area contributed by atoms with E-state index < -0.39 is 0 Å². The van der Waals surface area contributed by atoms with E-state index in [1.807, 2.05) is 25.1 Å². The average Bonchev–Trinajstić information content (AvgIpc) is 2.98. The van der Waals surface area contributed by atoms with Gasteiger partial charge in [0.25, 0.3) is 0 Å². The molecule has 120 valence electrons. The molecular weight excluding hydrogens is 396 g/mol. The van der Waals surface area contributed by atoms with Crippen molar-refractivity contribution in [1.29, 1.82) is 0 Å². The second-order valence-electron chi connectivity index (χ2n) is 4.75. The molecule has 6 heteroatoms. The first-order valence-corrected chi connectivity index (χ1v) is 6.91. The van der Waals surface area contributed by atoms with E-state index in [-0.39, 0.29) is 29.8 Å². The van der Waals surface area contributed by atoms with Crippen molar-refractivity contribution in [2.24, 2.45) is 4.99 Å². The number of aliphatic imine (C=N–C) groups is 1. The summed E-state index contributed by atoms with van der Waals surface area (Å²) in [6.07, 6.45) is 2.46. The molecule has 2 rings (SSSR count). The van der Waals surface area contributed by atoms with Gasteiger partial charge in [0.15, 0.2) is 5.96 Å². The van der Waals surface area contributed by atoms with E-state index >= 15 is 0 Å². The molecule has 0 saturated carbocycles. The van der Waals surface area contributed by atoms with Gasteiger partial charge in [-0.25, -0.2) is 4.39 Å². The Bertz CT molecular complexity index is 599. The maximum atomic E-state index is 13.0. The maximum absolute atomic E-state index is 13.0. The predicted molar refractivity (Wildman–Crippen MR) is 97.2 cm³/mol. The second-order valence-corrected chi connectivity index (χ2v) is 4.75. The van der Waals surface area contributed by atoms with Gasteiger partial charge in [0.2, 0.25) is 0 Å². The normalized spacial score (nSPS) is 11.0. The number of hydrogen-bond donors (Lipinski definition) is 2. The van der Waals surface area contributed by atoms with E-state index in [0.717, 1.165) is 29.9 Å². The number of halogens is 2. The molecule has 0 fully saturated rings. The van der Waals surface area contributed by atoms with Crippen LogP contribution in [0.3, 0.4) is 0 Å². The van der Waals surface area contributed by atoms with Gasteiger partial charge in [0.05, 0.1) is 12.8 Å². The lowest BCUT2D eigenvalue weighted by atomic mass is 10.1. The number of benzene rings is 1. The zero-order chi connectivity index (χ0) is 15.1. The van der Waals surface area contributed by atoms with E-state index in [1.54, 1.807) is 19.4 Å². The third kappa shape index (κ3) is 5.67. The fourth-order valence-corrected chi connectivity index (χ4v) is 2.06. The number of aryl methyl sites for hydroxylation is 1. The van der Waals surface area contributed by atoms with Gasteiger partial charge in [0.1, 0.15) is 11.6 Å². The molecule has 0 spiro atoms. The van der Waals surface area contributed by atoms with Crippen molar-refractivity contribution in [3.8, 4) is 0 Å². The first-order valence-electron chi connectivity index (χ1n) is 6.91. The summed E-state index contributed by atoms with van der Waals surface area (Å²) in [5.74, 6) is 1.37. The van der Waals surface area contributed by atoms with E-state index in [2.05, 4.69) is 15.6 Å². The van der Waals surface area contributed by atoms with Crippen LogP contribution < -0.4 is 10.6 Å². The Morgan fingerprint density at radius 2 is 2.09 bits per heavy atom. The Balaban J connectivity index is 0.00000242. The molecule has 0 aliphatic rings. The molecule has 0 radical (unpaired) electrons. The quantitative estimate of drug-likeness (QED) is 0.446. The van der Waals surface area contributed by atoms with Crippen LogP contribution in [-0.2, 0) is 13.0 Å². The topological polar surface area (TPSA) is 49.6 Å². The molecule has 4 nitrogen and oxygen atoms in total. The monoisotopic (exact) mass is 417 g/mol. The Kier molecular flexibility index (Phi) is 7.94. The van der Waals surface area contributed by atoms with Gasteiger partial charge >= 0.3 is 0 Å². The lowest BCUT2D eigenvalue weighted by Crippen LogP contribution is -2.37. The first kappa shape index (κ1) is 18.5. The number of rotatable bonds is 5. The highest BCUT2D eigenvalue weighted by molar-refractivity contribution is 14.0. The highest BCUT2D eigenvalue weighted by Crippen LogP contribution is 2.10. The summed E-state index contributed by atoms with van der Waals surface area (Å²) >= 11 is 0. The van der Waals surface area contributed by atoms with Crippen LogP contribution in [0, 0.1) is 12.7 Å². The summed E-state index contributed by atoms with van der Waals surface area (Å²) in [5.41, 5.74) is 2.10. The van der Waals surface area contributed by atoms with Gasteiger partial charge in [0, 0.05) is 13.6 Å². The number of hydrogen-bond acceptors (Lipinski definition) is 2. The average molecular weight is 417 g/mol. The Hall–Kier alpha value is -1.57. The molecule has 0 bridgehead atoms. The van der Waals surface area contributed by atoms with Crippen molar-refractivity contribution in [2.75, 3.05) is 13.6 Å². The Morgan fingerprint density at radius 1 is 1.27 bits per heavy atom. The molecule has 1 aromatic carbocycles. The molecule has 2 N–H and O–H groups in total. The van der Waals surface area contributed by atoms with Gasteiger partial charge in [-0.15, -0.1) is 24.0 Å². The van der Waals surface area contributed by atoms with Crippen molar-refractivity contribution < 1.29 is 8.81 Å². The smallest absolute Gasteiger partial charge is 0.191 e. The van der Waals surface area contributed by atoms with Gasteiger partial charge in [-0.1, -0.05) is 6.07 Å². The summed E-state index contributed by atoms with van der Waals surface area (Å²) < 4.78 is 18.3. The van der Waals surface area contributed by atoms with Crippen LogP contribution in [0.1, 0.15) is 16.9 Å². The fourth-order valence-electron chi connectivity index (χ4n) is 2.06. The van der Waals surface area contributed by atoms with Crippen molar-refractivity contribution in [1.82, 2.24) is 10.6 Å². The molecular formula is C16H21FIN3O. The van der Waals surface area contributed by atoms with Crippen LogP contribution in [0.2, 0.25) is 0 Å². The Morgan fingerprint density at radius 3 is 2.73 bits per heavy atom. The molecule has 0 unspecified atom stereocenters. The molecule has 22 heavy (non-hydrogen) atoms. The van der Waals surface area contributed by atoms with Crippen molar-refractivity contribution in [2.45, 2.75) is 19.9 Å². The molecule has 0 aliphatic carbocycles.